The molecule has 1 saturated heterocycles. The van der Waals surface area contributed by atoms with Crippen LogP contribution < -0.4 is 26.1 Å². The summed E-state index contributed by atoms with van der Waals surface area (Å²) < 4.78 is 34.6. The number of carbonyl (C=O) groups excluding carboxylic acids is 2. The highest BCUT2D eigenvalue weighted by atomic mass is 16.6. The number of nitrogens with zero attached hydrogens (tertiary/aromatic N) is 2. The van der Waals surface area contributed by atoms with Crippen LogP contribution in [0.4, 0.5) is 22.1 Å². The fourth-order valence-corrected chi connectivity index (χ4v) is 8.36. The van der Waals surface area contributed by atoms with Crippen LogP contribution in [0, 0.1) is 18.8 Å². The van der Waals surface area contributed by atoms with E-state index >= 15 is 0 Å². The van der Waals surface area contributed by atoms with Crippen molar-refractivity contribution in [3.63, 3.8) is 0 Å². The monoisotopic (exact) mass is 916 g/mol. The molecule has 0 saturated carbocycles. The summed E-state index contributed by atoms with van der Waals surface area (Å²) >= 11 is 0. The van der Waals surface area contributed by atoms with Gasteiger partial charge in [0.1, 0.15) is 34.6 Å². The number of aliphatic hydroxyl groups excluding tert-OH is 1. The number of amides is 2. The van der Waals surface area contributed by atoms with Gasteiger partial charge in [-0.15, -0.1) is 0 Å². The van der Waals surface area contributed by atoms with E-state index in [4.69, 9.17) is 33.8 Å². The van der Waals surface area contributed by atoms with Gasteiger partial charge in [0, 0.05) is 68.3 Å². The molecular formula is C50H68N4O12. The van der Waals surface area contributed by atoms with Crippen LogP contribution in [-0.2, 0) is 30.2 Å². The van der Waals surface area contributed by atoms with Crippen LogP contribution in [0.1, 0.15) is 83.8 Å². The molecule has 3 heterocycles. The second-order valence-corrected chi connectivity index (χ2v) is 17.3. The number of unbranched alkanes of at least 4 members (excludes halogenated alkanes) is 5. The molecule has 6 N–H and O–H groups in total. The third-order valence-corrected chi connectivity index (χ3v) is 12.2. The number of primary amides is 1. The molecule has 2 aliphatic heterocycles. The molecule has 16 heteroatoms. The summed E-state index contributed by atoms with van der Waals surface area (Å²) in [5.74, 6) is -0.386. The van der Waals surface area contributed by atoms with E-state index in [0.717, 1.165) is 37.7 Å². The Hall–Kier alpha value is -5.68. The summed E-state index contributed by atoms with van der Waals surface area (Å²) in [4.78, 5) is 44.8. The number of morpholine rings is 1. The maximum atomic E-state index is 13.4. The molecule has 66 heavy (non-hydrogen) atoms. The molecular weight excluding hydrogens is 849 g/mol. The first-order chi connectivity index (χ1) is 31.6. The van der Waals surface area contributed by atoms with Gasteiger partial charge in [0.2, 0.25) is 0 Å². The molecule has 0 spiro atoms. The summed E-state index contributed by atoms with van der Waals surface area (Å²) in [6, 6.07) is 6.42. The Bertz CT molecular complexity index is 2310. The zero-order valence-corrected chi connectivity index (χ0v) is 39.3. The zero-order chi connectivity index (χ0) is 47.9. The minimum absolute atomic E-state index is 0.0130. The molecule has 5 rings (SSSR count). The van der Waals surface area contributed by atoms with Gasteiger partial charge in [-0.05, 0) is 76.5 Å². The minimum atomic E-state index is -1.00. The lowest BCUT2D eigenvalue weighted by molar-refractivity contribution is -0.112. The number of aromatic hydroxyl groups is 2. The molecule has 2 aliphatic rings. The summed E-state index contributed by atoms with van der Waals surface area (Å²) in [6.07, 6.45) is 9.74. The van der Waals surface area contributed by atoms with E-state index in [0.29, 0.717) is 79.5 Å². The molecule has 0 radical (unpaired) electrons. The van der Waals surface area contributed by atoms with Gasteiger partial charge < -0.3 is 59.4 Å². The standard InChI is InChI=1S/C50H68N4O12/c1-30-25-36-44(52-19-12-10-8-9-11-13-22-64-40-18-17-35-38(55)29-43(65-48(35)34(40)5)54-20-23-63-24-21-54)39(56)28-37(46(36)58)53-49(59)31(2)15-14-16-41(61-6)47(66-50(51)60)33(4)27-32(3)45(57)42(26-30)62-7/h14-19,27-30,32,41-42,45,47,56-58H,8-13,20-26H2,1-7H3,(H2,51,60)(H,53,59)/b16-14?,31-15+,33-27+,52-19?/t30-,32+,41+,42+,45-,47+/m1/s1. The largest absolute Gasteiger partial charge is 0.506 e. The third-order valence-electron chi connectivity index (χ3n) is 12.2. The first kappa shape index (κ1) is 51.3. The van der Waals surface area contributed by atoms with Gasteiger partial charge in [-0.3, -0.25) is 14.6 Å². The third kappa shape index (κ3) is 13.7. The van der Waals surface area contributed by atoms with E-state index in [-0.39, 0.29) is 46.2 Å². The molecule has 0 unspecified atom stereocenters. The Kier molecular flexibility index (Phi) is 19.2. The van der Waals surface area contributed by atoms with Crippen molar-refractivity contribution >= 4 is 46.4 Å². The first-order valence-corrected chi connectivity index (χ1v) is 22.8. The van der Waals surface area contributed by atoms with E-state index in [9.17, 15) is 29.7 Å². The van der Waals surface area contributed by atoms with Crippen molar-refractivity contribution in [1.29, 1.82) is 0 Å². The Morgan fingerprint density at radius 2 is 1.74 bits per heavy atom. The molecule has 2 aromatic carbocycles. The van der Waals surface area contributed by atoms with Crippen LogP contribution in [0.2, 0.25) is 0 Å². The average Bonchev–Trinajstić information content (AvgIpc) is 3.29. The van der Waals surface area contributed by atoms with E-state index in [1.165, 1.54) is 26.4 Å². The van der Waals surface area contributed by atoms with Crippen LogP contribution in [0.15, 0.2) is 73.9 Å². The first-order valence-electron chi connectivity index (χ1n) is 22.8. The van der Waals surface area contributed by atoms with E-state index in [1.807, 2.05) is 31.7 Å². The molecule has 2 bridgehead atoms. The van der Waals surface area contributed by atoms with E-state index < -0.39 is 42.3 Å². The van der Waals surface area contributed by atoms with Crippen molar-refractivity contribution in [1.82, 2.24) is 0 Å². The second kappa shape index (κ2) is 24.7. The number of fused-ring (bicyclic) bond motifs is 3. The number of anilines is 2. The zero-order valence-electron chi connectivity index (χ0n) is 39.3. The van der Waals surface area contributed by atoms with Crippen LogP contribution in [-0.4, -0.2) is 105 Å². The number of ether oxygens (including phenoxy) is 5. The van der Waals surface area contributed by atoms with Gasteiger partial charge in [-0.2, -0.15) is 0 Å². The number of methoxy groups -OCH3 is 2. The van der Waals surface area contributed by atoms with Gasteiger partial charge in [0.05, 0.1) is 43.1 Å². The predicted molar refractivity (Wildman–Crippen MR) is 255 cm³/mol. The van der Waals surface area contributed by atoms with Gasteiger partial charge >= 0.3 is 6.09 Å². The fourth-order valence-electron chi connectivity index (χ4n) is 8.36. The number of allylic oxidation sites excluding steroid dienone is 2. The van der Waals surface area contributed by atoms with Crippen molar-refractivity contribution in [2.45, 2.75) is 110 Å². The molecule has 360 valence electrons. The predicted octanol–water partition coefficient (Wildman–Crippen LogP) is 7.93. The number of phenolic OH excluding ortho intramolecular Hbond substituents is 2. The Balaban J connectivity index is 1.23. The van der Waals surface area contributed by atoms with E-state index in [1.54, 1.807) is 50.4 Å². The summed E-state index contributed by atoms with van der Waals surface area (Å²) in [7, 11) is 2.96. The summed E-state index contributed by atoms with van der Waals surface area (Å²) in [5.41, 5.74) is 8.09. The van der Waals surface area contributed by atoms with E-state index in [2.05, 4.69) is 10.3 Å². The summed E-state index contributed by atoms with van der Waals surface area (Å²) in [6.45, 7) is 12.0. The van der Waals surface area contributed by atoms with Gasteiger partial charge in [-0.1, -0.05) is 57.4 Å². The normalized spacial score (nSPS) is 24.1. The minimum Gasteiger partial charge on any atom is -0.506 e. The molecule has 16 nitrogen and oxygen atoms in total. The number of nitrogens with one attached hydrogen (secondary N) is 1. The Morgan fingerprint density at radius 1 is 1.02 bits per heavy atom. The fraction of sp³-hybridized carbons (Fsp3) is 0.520. The second-order valence-electron chi connectivity index (χ2n) is 17.3. The topological polar surface area (TPSA) is 225 Å². The lowest BCUT2D eigenvalue weighted by atomic mass is 9.87. The highest BCUT2D eigenvalue weighted by Gasteiger charge is 2.30. The molecule has 1 aromatic heterocycles. The van der Waals surface area contributed by atoms with Crippen molar-refractivity contribution in [2.75, 3.05) is 57.3 Å². The number of hydrogen-bond donors (Lipinski definition) is 5. The maximum absolute atomic E-state index is 13.4. The number of rotatable bonds is 14. The molecule has 3 aromatic rings. The van der Waals surface area contributed by atoms with Gasteiger partial charge in [-0.25, -0.2) is 4.79 Å². The SMILES string of the molecule is CO[C@H]1C=C/C=C(\C)C(=O)Nc2cc(O)c(N=CCCCCCCCOc3ccc4c(=O)cc(N5CCOCC5)oc4c3C)c(c2O)C[C@@H](C)C[C@H](OC)[C@H](O)[C@@H](C)/C=C(\C)[C@@H]1OC(N)=O. The number of aliphatic hydroxyl groups is 1. The van der Waals surface area contributed by atoms with Crippen LogP contribution in [0.25, 0.3) is 11.0 Å². The van der Waals surface area contributed by atoms with Crippen LogP contribution in [0.3, 0.4) is 0 Å². The number of carbonyl (C=O) groups is 2. The quantitative estimate of drug-likeness (QED) is 0.0341. The molecule has 6 atom stereocenters. The maximum Gasteiger partial charge on any atom is 0.405 e. The lowest BCUT2D eigenvalue weighted by Crippen LogP contribution is -2.37. The number of nitrogens with two attached hydrogens (primary N) is 1. The smallest absolute Gasteiger partial charge is 0.405 e. The Labute approximate surface area is 387 Å². The average molecular weight is 917 g/mol. The van der Waals surface area contributed by atoms with Crippen LogP contribution in [0.5, 0.6) is 17.2 Å². The van der Waals surface area contributed by atoms with Gasteiger partial charge in [0.15, 0.2) is 17.4 Å². The molecule has 0 aliphatic carbocycles. The number of phenols is 2. The number of aryl methyl sites for hydroxylation is 1. The number of aliphatic imine (C=N–C) groups is 1. The Morgan fingerprint density at radius 3 is 2.45 bits per heavy atom. The van der Waals surface area contributed by atoms with Crippen molar-refractivity contribution in [2.24, 2.45) is 22.6 Å². The highest BCUT2D eigenvalue weighted by molar-refractivity contribution is 6.05. The molecule has 2 amide bonds. The number of benzene rings is 2. The van der Waals surface area contributed by atoms with Crippen molar-refractivity contribution < 1.29 is 53.0 Å². The van der Waals surface area contributed by atoms with Crippen LogP contribution >= 0.6 is 0 Å². The van der Waals surface area contributed by atoms with Crippen molar-refractivity contribution in [3.8, 4) is 17.2 Å². The lowest BCUT2D eigenvalue weighted by Gasteiger charge is -2.29. The number of hydrogen-bond acceptors (Lipinski definition) is 14. The molecule has 1 fully saturated rings. The summed E-state index contributed by atoms with van der Waals surface area (Å²) in [5, 5.41) is 37.7. The van der Waals surface area contributed by atoms with Crippen molar-refractivity contribution in [3.05, 3.63) is 81.1 Å². The van der Waals surface area contributed by atoms with Gasteiger partial charge in [0.25, 0.3) is 5.91 Å². The highest BCUT2D eigenvalue weighted by Crippen LogP contribution is 2.44.